The lowest BCUT2D eigenvalue weighted by Gasteiger charge is -2.16. The Labute approximate surface area is 107 Å². The highest BCUT2D eigenvalue weighted by atomic mass is 16.5. The minimum Gasteiger partial charge on any atom is -0.383 e. The Balaban J connectivity index is 2.13. The van der Waals surface area contributed by atoms with Crippen LogP contribution in [0.4, 0.5) is 5.82 Å². The lowest BCUT2D eigenvalue weighted by Crippen LogP contribution is -2.36. The molecule has 1 aromatic heterocycles. The second-order valence-corrected chi connectivity index (χ2v) is 4.08. The number of ether oxygens (including phenoxy) is 1. The van der Waals surface area contributed by atoms with Gasteiger partial charge in [0.1, 0.15) is 12.4 Å². The Morgan fingerprint density at radius 2 is 2.39 bits per heavy atom. The van der Waals surface area contributed by atoms with E-state index in [1.807, 2.05) is 7.05 Å². The molecule has 0 saturated heterocycles. The molecule has 0 atom stereocenters. The number of nitrogens with zero attached hydrogens (tertiary/aromatic N) is 3. The van der Waals surface area contributed by atoms with Crippen molar-refractivity contribution < 1.29 is 9.53 Å². The maximum absolute atomic E-state index is 11.6. The quantitative estimate of drug-likeness (QED) is 0.632. The summed E-state index contributed by atoms with van der Waals surface area (Å²) >= 11 is 0. The van der Waals surface area contributed by atoms with Crippen LogP contribution in [0.5, 0.6) is 0 Å². The van der Waals surface area contributed by atoms with E-state index < -0.39 is 0 Å². The third-order valence-electron chi connectivity index (χ3n) is 2.46. The fraction of sp³-hybridized carbons (Fsp3) is 0.636. The van der Waals surface area contributed by atoms with Crippen LogP contribution in [-0.2, 0) is 16.1 Å². The van der Waals surface area contributed by atoms with Gasteiger partial charge >= 0.3 is 0 Å². The number of aromatic nitrogens is 2. The summed E-state index contributed by atoms with van der Waals surface area (Å²) in [5.74, 6) is 0.348. The van der Waals surface area contributed by atoms with Crippen molar-refractivity contribution in [1.82, 2.24) is 20.0 Å². The maximum Gasteiger partial charge on any atom is 0.241 e. The van der Waals surface area contributed by atoms with Crippen LogP contribution in [0.1, 0.15) is 0 Å². The number of nitrogen functional groups attached to an aromatic ring is 1. The zero-order valence-electron chi connectivity index (χ0n) is 10.9. The number of anilines is 1. The van der Waals surface area contributed by atoms with Crippen LogP contribution in [0.3, 0.4) is 0 Å². The number of hydrogen-bond acceptors (Lipinski definition) is 5. The van der Waals surface area contributed by atoms with E-state index in [9.17, 15) is 4.79 Å². The first-order valence-corrected chi connectivity index (χ1v) is 5.85. The van der Waals surface area contributed by atoms with Crippen molar-refractivity contribution in [2.45, 2.75) is 6.54 Å². The molecule has 1 rings (SSSR count). The summed E-state index contributed by atoms with van der Waals surface area (Å²) in [5, 5.41) is 6.77. The normalized spacial score (nSPS) is 10.8. The Morgan fingerprint density at radius 3 is 3.00 bits per heavy atom. The van der Waals surface area contributed by atoms with Crippen LogP contribution in [0.15, 0.2) is 12.3 Å². The summed E-state index contributed by atoms with van der Waals surface area (Å²) in [6.07, 6.45) is 1.68. The van der Waals surface area contributed by atoms with E-state index in [0.717, 1.165) is 13.1 Å². The number of likely N-dealkylation sites (N-methyl/N-ethyl adjacent to an activating group) is 1. The SMILES string of the molecule is COCCN(C)CCNC(=O)Cn1ccc(N)n1. The van der Waals surface area contributed by atoms with Crippen molar-refractivity contribution in [2.24, 2.45) is 0 Å². The Hall–Kier alpha value is -1.60. The average Bonchev–Trinajstić information content (AvgIpc) is 2.72. The van der Waals surface area contributed by atoms with Gasteiger partial charge in [0.05, 0.1) is 6.61 Å². The molecule has 18 heavy (non-hydrogen) atoms. The molecule has 1 amide bonds. The van der Waals surface area contributed by atoms with Gasteiger partial charge in [0.25, 0.3) is 0 Å². The van der Waals surface area contributed by atoms with Crippen molar-refractivity contribution in [3.05, 3.63) is 12.3 Å². The van der Waals surface area contributed by atoms with Gasteiger partial charge in [-0.2, -0.15) is 5.10 Å². The number of hydrogen-bond donors (Lipinski definition) is 2. The summed E-state index contributed by atoms with van der Waals surface area (Å²) in [6, 6.07) is 1.66. The number of nitrogens with one attached hydrogen (secondary N) is 1. The molecule has 0 spiro atoms. The Kier molecular flexibility index (Phi) is 6.16. The summed E-state index contributed by atoms with van der Waals surface area (Å²) in [7, 11) is 3.66. The molecular weight excluding hydrogens is 234 g/mol. The van der Waals surface area contributed by atoms with Crippen LogP contribution in [0.25, 0.3) is 0 Å². The molecule has 0 aliphatic rings. The molecule has 0 bridgehead atoms. The molecule has 1 heterocycles. The summed E-state index contributed by atoms with van der Waals surface area (Å²) in [4.78, 5) is 13.7. The largest absolute Gasteiger partial charge is 0.383 e. The smallest absolute Gasteiger partial charge is 0.241 e. The van der Waals surface area contributed by atoms with E-state index in [1.54, 1.807) is 19.4 Å². The molecule has 0 unspecified atom stereocenters. The Bertz CT molecular complexity index is 366. The van der Waals surface area contributed by atoms with E-state index in [1.165, 1.54) is 4.68 Å². The third kappa shape index (κ3) is 5.65. The van der Waals surface area contributed by atoms with Crippen LogP contribution in [0.2, 0.25) is 0 Å². The van der Waals surface area contributed by atoms with Gasteiger partial charge < -0.3 is 20.7 Å². The fourth-order valence-electron chi connectivity index (χ4n) is 1.41. The maximum atomic E-state index is 11.6. The second-order valence-electron chi connectivity index (χ2n) is 4.08. The van der Waals surface area contributed by atoms with Crippen molar-refractivity contribution >= 4 is 11.7 Å². The molecular formula is C11H21N5O2. The lowest BCUT2D eigenvalue weighted by molar-refractivity contribution is -0.121. The molecule has 1 aromatic rings. The minimum atomic E-state index is -0.0711. The predicted molar refractivity (Wildman–Crippen MR) is 69.0 cm³/mol. The molecule has 3 N–H and O–H groups in total. The minimum absolute atomic E-state index is 0.0711. The summed E-state index contributed by atoms with van der Waals surface area (Å²) in [5.41, 5.74) is 5.46. The highest BCUT2D eigenvalue weighted by molar-refractivity contribution is 5.75. The molecule has 0 radical (unpaired) electrons. The third-order valence-corrected chi connectivity index (χ3v) is 2.46. The molecule has 102 valence electrons. The lowest BCUT2D eigenvalue weighted by atomic mass is 10.5. The number of rotatable bonds is 8. The highest BCUT2D eigenvalue weighted by Crippen LogP contribution is 1.94. The van der Waals surface area contributed by atoms with Gasteiger partial charge in [-0.25, -0.2) is 0 Å². The average molecular weight is 255 g/mol. The van der Waals surface area contributed by atoms with Crippen LogP contribution >= 0.6 is 0 Å². The van der Waals surface area contributed by atoms with Crippen molar-refractivity contribution in [1.29, 1.82) is 0 Å². The molecule has 0 fully saturated rings. The first-order valence-electron chi connectivity index (χ1n) is 5.85. The first-order chi connectivity index (χ1) is 8.61. The predicted octanol–water partition coefficient (Wildman–Crippen LogP) is -0.840. The number of amides is 1. The number of carbonyl (C=O) groups is 1. The summed E-state index contributed by atoms with van der Waals surface area (Å²) < 4.78 is 6.48. The zero-order valence-corrected chi connectivity index (χ0v) is 10.9. The zero-order chi connectivity index (χ0) is 13.4. The van der Waals surface area contributed by atoms with E-state index in [2.05, 4.69) is 15.3 Å². The van der Waals surface area contributed by atoms with Gasteiger partial charge in [-0.05, 0) is 13.1 Å². The van der Waals surface area contributed by atoms with E-state index in [-0.39, 0.29) is 12.5 Å². The topological polar surface area (TPSA) is 85.4 Å². The van der Waals surface area contributed by atoms with Gasteiger partial charge in [0, 0.05) is 32.9 Å². The van der Waals surface area contributed by atoms with Crippen LogP contribution in [-0.4, -0.2) is 61.0 Å². The second kappa shape index (κ2) is 7.67. The van der Waals surface area contributed by atoms with Gasteiger partial charge in [-0.15, -0.1) is 0 Å². The van der Waals surface area contributed by atoms with Gasteiger partial charge in [-0.1, -0.05) is 0 Å². The van der Waals surface area contributed by atoms with Crippen molar-refractivity contribution in [3.63, 3.8) is 0 Å². The van der Waals surface area contributed by atoms with E-state index >= 15 is 0 Å². The number of methoxy groups -OCH3 is 1. The van der Waals surface area contributed by atoms with Gasteiger partial charge in [0.2, 0.25) is 5.91 Å². The van der Waals surface area contributed by atoms with Crippen LogP contribution in [0, 0.1) is 0 Å². The monoisotopic (exact) mass is 255 g/mol. The van der Waals surface area contributed by atoms with Crippen molar-refractivity contribution in [2.75, 3.05) is 46.1 Å². The van der Waals surface area contributed by atoms with Crippen molar-refractivity contribution in [3.8, 4) is 0 Å². The number of carbonyl (C=O) groups excluding carboxylic acids is 1. The van der Waals surface area contributed by atoms with E-state index in [4.69, 9.17) is 10.5 Å². The molecule has 7 heteroatoms. The number of nitrogens with two attached hydrogens (primary N) is 1. The standard InChI is InChI=1S/C11H21N5O2/c1-15(7-8-18-2)6-4-13-11(17)9-16-5-3-10(12)14-16/h3,5H,4,6-9H2,1-2H3,(H2,12,14)(H,13,17). The first kappa shape index (κ1) is 14.5. The fourth-order valence-corrected chi connectivity index (χ4v) is 1.41. The van der Waals surface area contributed by atoms with E-state index in [0.29, 0.717) is 19.0 Å². The molecule has 0 aliphatic heterocycles. The van der Waals surface area contributed by atoms with Gasteiger partial charge in [0.15, 0.2) is 0 Å². The Morgan fingerprint density at radius 1 is 1.61 bits per heavy atom. The van der Waals surface area contributed by atoms with Gasteiger partial charge in [-0.3, -0.25) is 9.48 Å². The molecule has 0 saturated carbocycles. The molecule has 7 nitrogen and oxygen atoms in total. The molecule has 0 aliphatic carbocycles. The highest BCUT2D eigenvalue weighted by Gasteiger charge is 2.04. The summed E-state index contributed by atoms with van der Waals surface area (Å²) in [6.45, 7) is 3.13. The molecule has 0 aromatic carbocycles. The van der Waals surface area contributed by atoms with Crippen LogP contribution < -0.4 is 11.1 Å².